The molecule has 0 atom stereocenters. The van der Waals surface area contributed by atoms with E-state index in [1.807, 2.05) is 39.8 Å². The Morgan fingerprint density at radius 2 is 1.66 bits per heavy atom. The van der Waals surface area contributed by atoms with Crippen molar-refractivity contribution in [2.45, 2.75) is 60.2 Å². The van der Waals surface area contributed by atoms with Crippen LogP contribution in [0.25, 0.3) is 11.3 Å². The van der Waals surface area contributed by atoms with E-state index >= 15 is 0 Å². The number of carbonyl (C=O) groups is 1. The summed E-state index contributed by atoms with van der Waals surface area (Å²) >= 11 is 0. The summed E-state index contributed by atoms with van der Waals surface area (Å²) in [6.45, 7) is 14.4. The van der Waals surface area contributed by atoms with Gasteiger partial charge in [0.2, 0.25) is 5.91 Å². The van der Waals surface area contributed by atoms with Gasteiger partial charge >= 0.3 is 0 Å². The molecule has 1 aliphatic rings. The van der Waals surface area contributed by atoms with Gasteiger partial charge in [0.05, 0.1) is 6.54 Å². The number of aromatic nitrogens is 2. The SMILES string of the molecule is CN(C)c1ccc(-c2nc3n(c2NC(C)(C)C)CCN(C(=O)C(C)(C)C)C3)cc1. The van der Waals surface area contributed by atoms with E-state index in [1.165, 1.54) is 0 Å². The highest BCUT2D eigenvalue weighted by molar-refractivity contribution is 5.82. The molecule has 0 saturated carbocycles. The first-order valence-corrected chi connectivity index (χ1v) is 10.3. The molecule has 3 rings (SSSR count). The van der Waals surface area contributed by atoms with Crippen LogP contribution < -0.4 is 10.2 Å². The van der Waals surface area contributed by atoms with Crippen LogP contribution in [0, 0.1) is 5.41 Å². The number of imidazole rings is 1. The zero-order valence-electron chi connectivity index (χ0n) is 19.1. The number of hydrogen-bond donors (Lipinski definition) is 1. The molecule has 6 nitrogen and oxygen atoms in total. The first kappa shape index (κ1) is 21.2. The minimum Gasteiger partial charge on any atom is -0.378 e. The first-order chi connectivity index (χ1) is 13.4. The second kappa shape index (κ2) is 7.39. The van der Waals surface area contributed by atoms with Crippen LogP contribution in [0.3, 0.4) is 0 Å². The van der Waals surface area contributed by atoms with Crippen molar-refractivity contribution < 1.29 is 4.79 Å². The highest BCUT2D eigenvalue weighted by Gasteiger charge is 2.32. The second-order valence-electron chi connectivity index (χ2n) is 10.2. The third kappa shape index (κ3) is 4.57. The van der Waals surface area contributed by atoms with Gasteiger partial charge in [0.1, 0.15) is 17.3 Å². The van der Waals surface area contributed by atoms with Crippen LogP contribution in [0.15, 0.2) is 24.3 Å². The number of amides is 1. The third-order valence-electron chi connectivity index (χ3n) is 5.05. The lowest BCUT2D eigenvalue weighted by atomic mass is 9.94. The fourth-order valence-electron chi connectivity index (χ4n) is 3.58. The van der Waals surface area contributed by atoms with Gasteiger partial charge in [0.15, 0.2) is 0 Å². The van der Waals surface area contributed by atoms with Gasteiger partial charge in [-0.3, -0.25) is 4.79 Å². The maximum atomic E-state index is 12.8. The molecule has 0 bridgehead atoms. The van der Waals surface area contributed by atoms with Gasteiger partial charge in [0.25, 0.3) is 0 Å². The zero-order chi connectivity index (χ0) is 21.6. The summed E-state index contributed by atoms with van der Waals surface area (Å²) in [6.07, 6.45) is 0. The molecule has 2 aromatic rings. The Labute approximate surface area is 174 Å². The average molecular weight is 398 g/mol. The summed E-state index contributed by atoms with van der Waals surface area (Å²) in [7, 11) is 4.08. The van der Waals surface area contributed by atoms with Gasteiger partial charge in [-0.2, -0.15) is 0 Å². The number of nitrogens with one attached hydrogen (secondary N) is 1. The second-order valence-corrected chi connectivity index (χ2v) is 10.2. The minimum atomic E-state index is -0.383. The van der Waals surface area contributed by atoms with E-state index in [-0.39, 0.29) is 16.9 Å². The number of anilines is 2. The zero-order valence-corrected chi connectivity index (χ0v) is 19.1. The van der Waals surface area contributed by atoms with E-state index in [2.05, 4.69) is 59.8 Å². The maximum Gasteiger partial charge on any atom is 0.228 e. The van der Waals surface area contributed by atoms with Crippen molar-refractivity contribution in [3.8, 4) is 11.3 Å². The van der Waals surface area contributed by atoms with Gasteiger partial charge in [-0.1, -0.05) is 32.9 Å². The molecular formula is C23H35N5O. The summed E-state index contributed by atoms with van der Waals surface area (Å²) in [4.78, 5) is 21.8. The minimum absolute atomic E-state index is 0.0898. The predicted octanol–water partition coefficient (Wildman–Crippen LogP) is 4.21. The molecule has 1 aromatic carbocycles. The van der Waals surface area contributed by atoms with Crippen LogP contribution in [0.2, 0.25) is 0 Å². The Morgan fingerprint density at radius 1 is 1.03 bits per heavy atom. The molecule has 0 radical (unpaired) electrons. The van der Waals surface area contributed by atoms with Crippen molar-refractivity contribution in [2.75, 3.05) is 30.9 Å². The summed E-state index contributed by atoms with van der Waals surface area (Å²) in [6, 6.07) is 8.47. The summed E-state index contributed by atoms with van der Waals surface area (Å²) in [5.74, 6) is 2.15. The van der Waals surface area contributed by atoms with Crippen LogP contribution in [-0.2, 0) is 17.9 Å². The molecule has 0 unspecified atom stereocenters. The molecular weight excluding hydrogens is 362 g/mol. The van der Waals surface area contributed by atoms with Crippen LogP contribution in [0.5, 0.6) is 0 Å². The topological polar surface area (TPSA) is 53.4 Å². The van der Waals surface area contributed by atoms with Crippen LogP contribution >= 0.6 is 0 Å². The van der Waals surface area contributed by atoms with Crippen molar-refractivity contribution in [3.05, 3.63) is 30.1 Å². The van der Waals surface area contributed by atoms with Crippen LogP contribution in [0.1, 0.15) is 47.4 Å². The van der Waals surface area contributed by atoms with Crippen molar-refractivity contribution in [1.82, 2.24) is 14.5 Å². The van der Waals surface area contributed by atoms with Crippen LogP contribution in [0.4, 0.5) is 11.5 Å². The van der Waals surface area contributed by atoms with Gasteiger partial charge < -0.3 is 19.7 Å². The molecule has 0 fully saturated rings. The Balaban J connectivity index is 2.01. The van der Waals surface area contributed by atoms with Crippen molar-refractivity contribution in [1.29, 1.82) is 0 Å². The van der Waals surface area contributed by atoms with Crippen molar-refractivity contribution in [3.63, 3.8) is 0 Å². The number of rotatable bonds is 3. The van der Waals surface area contributed by atoms with Crippen LogP contribution in [-0.4, -0.2) is 46.5 Å². The number of hydrogen-bond acceptors (Lipinski definition) is 4. The molecule has 29 heavy (non-hydrogen) atoms. The largest absolute Gasteiger partial charge is 0.378 e. The van der Waals surface area contributed by atoms with E-state index in [9.17, 15) is 4.79 Å². The van der Waals surface area contributed by atoms with E-state index in [0.29, 0.717) is 13.1 Å². The number of fused-ring (bicyclic) bond motifs is 1. The smallest absolute Gasteiger partial charge is 0.228 e. The fraction of sp³-hybridized carbons (Fsp3) is 0.565. The lowest BCUT2D eigenvalue weighted by Crippen LogP contribution is -2.44. The molecule has 1 aromatic heterocycles. The van der Waals surface area contributed by atoms with Crippen molar-refractivity contribution >= 4 is 17.4 Å². The lowest BCUT2D eigenvalue weighted by molar-refractivity contribution is -0.141. The van der Waals surface area contributed by atoms with Gasteiger partial charge in [0, 0.05) is 49.4 Å². The maximum absolute atomic E-state index is 12.8. The molecule has 2 heterocycles. The molecule has 6 heteroatoms. The standard InChI is InChI=1S/C23H35N5O/c1-22(2,3)21(29)27-13-14-28-18(15-27)24-19(20(28)25-23(4,5)6)16-9-11-17(12-10-16)26(7)8/h9-12,25H,13-15H2,1-8H3. The summed E-state index contributed by atoms with van der Waals surface area (Å²) in [5, 5.41) is 3.65. The Hall–Kier alpha value is -2.50. The fourth-order valence-corrected chi connectivity index (χ4v) is 3.58. The molecule has 1 aliphatic heterocycles. The van der Waals surface area contributed by atoms with E-state index in [1.54, 1.807) is 0 Å². The van der Waals surface area contributed by atoms with Gasteiger partial charge in [-0.25, -0.2) is 4.98 Å². The molecule has 158 valence electrons. The lowest BCUT2D eigenvalue weighted by Gasteiger charge is -2.34. The Morgan fingerprint density at radius 3 is 2.17 bits per heavy atom. The average Bonchev–Trinajstić information content (AvgIpc) is 2.96. The predicted molar refractivity (Wildman–Crippen MR) is 120 cm³/mol. The highest BCUT2D eigenvalue weighted by atomic mass is 16.2. The Kier molecular flexibility index (Phi) is 5.41. The van der Waals surface area contributed by atoms with E-state index < -0.39 is 0 Å². The highest BCUT2D eigenvalue weighted by Crippen LogP contribution is 2.34. The third-order valence-corrected chi connectivity index (χ3v) is 5.05. The Bertz CT molecular complexity index is 882. The summed E-state index contributed by atoms with van der Waals surface area (Å²) in [5.41, 5.74) is 2.72. The molecule has 0 spiro atoms. The molecule has 0 aliphatic carbocycles. The number of carbonyl (C=O) groups excluding carboxylic acids is 1. The van der Waals surface area contributed by atoms with Crippen molar-refractivity contribution in [2.24, 2.45) is 5.41 Å². The molecule has 0 saturated heterocycles. The molecule has 1 amide bonds. The van der Waals surface area contributed by atoms with E-state index in [4.69, 9.17) is 4.98 Å². The van der Waals surface area contributed by atoms with Gasteiger partial charge in [-0.15, -0.1) is 0 Å². The van der Waals surface area contributed by atoms with E-state index in [0.717, 1.165) is 35.1 Å². The first-order valence-electron chi connectivity index (χ1n) is 10.3. The normalized spacial score (nSPS) is 14.6. The number of benzene rings is 1. The number of nitrogens with zero attached hydrogens (tertiary/aromatic N) is 4. The van der Waals surface area contributed by atoms with Gasteiger partial charge in [-0.05, 0) is 32.9 Å². The quantitative estimate of drug-likeness (QED) is 0.843. The molecule has 1 N–H and O–H groups in total. The monoisotopic (exact) mass is 397 g/mol. The summed E-state index contributed by atoms with van der Waals surface area (Å²) < 4.78 is 2.24.